The molecule has 2 saturated heterocycles. The number of fused-ring (bicyclic) bond motifs is 3. The molecule has 0 aromatic heterocycles. The molecule has 0 spiro atoms. The minimum Gasteiger partial charge on any atom is -0.481 e. The Bertz CT molecular complexity index is 1430. The van der Waals surface area contributed by atoms with Gasteiger partial charge >= 0.3 is 17.9 Å². The Kier molecular flexibility index (Phi) is 10.3. The van der Waals surface area contributed by atoms with Crippen LogP contribution in [0.5, 0.6) is 0 Å². The molecule has 0 unspecified atom stereocenters. The van der Waals surface area contributed by atoms with Gasteiger partial charge in [-0.25, -0.2) is 0 Å². The predicted molar refractivity (Wildman–Crippen MR) is 192 cm³/mol. The maximum Gasteiger partial charge on any atom is 0.320 e. The number of amides is 1. The minimum absolute atomic E-state index is 0.0350. The molecule has 2 N–H and O–H groups in total. The number of allylic oxidation sites excluding steroid dienone is 1. The molecular formula is C41H64N2O8. The number of carbonyl (C=O) groups is 4. The zero-order chi connectivity index (χ0) is 37.1. The molecule has 11 atom stereocenters. The number of carbonyl (C=O) groups excluding carboxylic acids is 3. The summed E-state index contributed by atoms with van der Waals surface area (Å²) in [5, 5.41) is 14.2. The number of esters is 2. The van der Waals surface area contributed by atoms with Crippen molar-refractivity contribution in [3.63, 3.8) is 0 Å². The van der Waals surface area contributed by atoms with E-state index < -0.39 is 40.9 Å². The van der Waals surface area contributed by atoms with Gasteiger partial charge in [0.1, 0.15) is 12.2 Å². The van der Waals surface area contributed by atoms with Gasteiger partial charge in [0.05, 0.1) is 25.7 Å². The van der Waals surface area contributed by atoms with Crippen LogP contribution in [0.15, 0.2) is 11.6 Å². The van der Waals surface area contributed by atoms with Crippen molar-refractivity contribution < 1.29 is 38.5 Å². The summed E-state index contributed by atoms with van der Waals surface area (Å²) in [4.78, 5) is 53.2. The summed E-state index contributed by atoms with van der Waals surface area (Å²) in [5.41, 5.74) is -0.570. The molecule has 3 saturated carbocycles. The first kappa shape index (κ1) is 38.3. The number of hydrogen-bond donors (Lipinski definition) is 2. The van der Waals surface area contributed by atoms with Crippen LogP contribution in [0.3, 0.4) is 0 Å². The van der Waals surface area contributed by atoms with Crippen molar-refractivity contribution in [2.75, 3.05) is 39.4 Å². The van der Waals surface area contributed by atoms with Crippen LogP contribution < -0.4 is 5.32 Å². The highest BCUT2D eigenvalue weighted by Gasteiger charge is 2.72. The van der Waals surface area contributed by atoms with E-state index in [2.05, 4.69) is 59.9 Å². The lowest BCUT2D eigenvalue weighted by atomic mass is 9.34. The monoisotopic (exact) mass is 712 g/mol. The van der Waals surface area contributed by atoms with E-state index in [4.69, 9.17) is 14.2 Å². The summed E-state index contributed by atoms with van der Waals surface area (Å²) in [6, 6.07) is 0. The highest BCUT2D eigenvalue weighted by atomic mass is 16.6. The van der Waals surface area contributed by atoms with Crippen LogP contribution in [-0.4, -0.2) is 85.4 Å². The Hall–Kier alpha value is -2.46. The average molecular weight is 713 g/mol. The molecule has 2 bridgehead atoms. The zero-order valence-corrected chi connectivity index (χ0v) is 32.5. The van der Waals surface area contributed by atoms with Crippen molar-refractivity contribution in [3.05, 3.63) is 11.6 Å². The molecule has 0 radical (unpaired) electrons. The molecule has 0 aromatic carbocycles. The van der Waals surface area contributed by atoms with Crippen molar-refractivity contribution in [1.29, 1.82) is 0 Å². The fourth-order valence-electron chi connectivity index (χ4n) is 12.8. The first-order chi connectivity index (χ1) is 23.9. The first-order valence-corrected chi connectivity index (χ1v) is 19.8. The first-order valence-electron chi connectivity index (χ1n) is 19.8. The van der Waals surface area contributed by atoms with Crippen molar-refractivity contribution in [2.24, 2.45) is 56.7 Å². The van der Waals surface area contributed by atoms with E-state index in [0.717, 1.165) is 45.1 Å². The number of aliphatic carboxylic acids is 1. The molecule has 286 valence electrons. The van der Waals surface area contributed by atoms with E-state index in [-0.39, 0.29) is 52.4 Å². The largest absolute Gasteiger partial charge is 0.481 e. The molecule has 10 heteroatoms. The fourth-order valence-corrected chi connectivity index (χ4v) is 12.8. The zero-order valence-electron chi connectivity index (χ0n) is 32.5. The van der Waals surface area contributed by atoms with E-state index in [1.807, 2.05) is 4.90 Å². The fraction of sp³-hybridized carbons (Fsp3) is 0.854. The number of nitrogens with one attached hydrogen (secondary N) is 1. The smallest absolute Gasteiger partial charge is 0.320 e. The van der Waals surface area contributed by atoms with Crippen LogP contribution in [0.2, 0.25) is 0 Å². The number of hydrogen-bond acceptors (Lipinski definition) is 8. The van der Waals surface area contributed by atoms with Gasteiger partial charge in [-0.2, -0.15) is 0 Å². The Morgan fingerprint density at radius 2 is 1.80 bits per heavy atom. The highest BCUT2D eigenvalue weighted by molar-refractivity contribution is 5.78. The summed E-state index contributed by atoms with van der Waals surface area (Å²) in [6.07, 6.45) is 8.31. The number of nitrogens with zero attached hydrogens (tertiary/aromatic N) is 1. The van der Waals surface area contributed by atoms with Gasteiger partial charge in [0.25, 0.3) is 0 Å². The second-order valence-electron chi connectivity index (χ2n) is 18.6. The van der Waals surface area contributed by atoms with Gasteiger partial charge in [0.15, 0.2) is 0 Å². The van der Waals surface area contributed by atoms with Crippen molar-refractivity contribution in [1.82, 2.24) is 10.2 Å². The Morgan fingerprint density at radius 3 is 2.45 bits per heavy atom. The standard InChI is InChI=1S/C41H64N2O8/c1-25(2)26(3)37(5)16-17-39(7)28-12-13-31-38(6)23-49-24-41(31,29(28)14-15-40(39,8)34(37)36(47)48)21-30(50-27(4)44)35(38)51-33(46)22-42-18-10-20-43-19-9-11-32(43)45/h14,25-26,28,30-31,34-35,42H,9-13,15-24H2,1-8H3,(H,47,48)/t26-,28+,30-,31+,34-,35+,37-,38-,39-,40+,41+/m1/s1. The Labute approximate surface area is 305 Å². The predicted octanol–water partition coefficient (Wildman–Crippen LogP) is 6.02. The molecule has 6 rings (SSSR count). The lowest BCUT2D eigenvalue weighted by Gasteiger charge is -2.71. The van der Waals surface area contributed by atoms with Crippen molar-refractivity contribution >= 4 is 23.8 Å². The van der Waals surface area contributed by atoms with Crippen LogP contribution in [0.25, 0.3) is 0 Å². The number of ether oxygens (including phenoxy) is 3. The van der Waals surface area contributed by atoms with Crippen LogP contribution in [0.1, 0.15) is 113 Å². The molecule has 1 amide bonds. The van der Waals surface area contributed by atoms with E-state index >= 15 is 0 Å². The third-order valence-electron chi connectivity index (χ3n) is 15.9. The minimum atomic E-state index is -0.677. The molecule has 2 heterocycles. The van der Waals surface area contributed by atoms with Crippen LogP contribution >= 0.6 is 0 Å². The van der Waals surface area contributed by atoms with Crippen molar-refractivity contribution in [2.45, 2.75) is 125 Å². The maximum absolute atomic E-state index is 13.4. The molecule has 6 aliphatic rings. The van der Waals surface area contributed by atoms with E-state index in [0.29, 0.717) is 51.5 Å². The number of likely N-dealkylation sites (tertiary alicyclic amines) is 1. The highest BCUT2D eigenvalue weighted by Crippen LogP contribution is 2.75. The summed E-state index contributed by atoms with van der Waals surface area (Å²) >= 11 is 0. The average Bonchev–Trinajstić information content (AvgIpc) is 3.46. The SMILES string of the molecule is CC(=O)O[C@@H]1C[C@@]23COC[C@](C)([C@@H]2CC[C@H]2C3=CC[C@@]3(C)[C@H](C(=O)O)[C@@](C)([C@H](C)C(C)C)CC[C@]23C)[C@H]1OC(=O)CNCCCN1CCCC1=O. The lowest BCUT2D eigenvalue weighted by molar-refractivity contribution is -0.262. The topological polar surface area (TPSA) is 131 Å². The molecule has 4 aliphatic carbocycles. The summed E-state index contributed by atoms with van der Waals surface area (Å²) in [5.74, 6) is -0.722. The molecule has 5 fully saturated rings. The summed E-state index contributed by atoms with van der Waals surface area (Å²) < 4.78 is 18.9. The summed E-state index contributed by atoms with van der Waals surface area (Å²) in [6.45, 7) is 20.1. The Balaban J connectivity index is 1.26. The second-order valence-corrected chi connectivity index (χ2v) is 18.6. The van der Waals surface area contributed by atoms with Gasteiger partial charge in [-0.1, -0.05) is 60.1 Å². The van der Waals surface area contributed by atoms with E-state index in [1.165, 1.54) is 12.5 Å². The van der Waals surface area contributed by atoms with Gasteiger partial charge in [-0.05, 0) is 97.8 Å². The van der Waals surface area contributed by atoms with E-state index in [9.17, 15) is 24.3 Å². The summed E-state index contributed by atoms with van der Waals surface area (Å²) in [7, 11) is 0. The third kappa shape index (κ3) is 6.06. The van der Waals surface area contributed by atoms with Gasteiger partial charge in [-0.3, -0.25) is 19.2 Å². The van der Waals surface area contributed by atoms with Gasteiger partial charge < -0.3 is 29.5 Å². The second kappa shape index (κ2) is 13.7. The molecule has 10 nitrogen and oxygen atoms in total. The van der Waals surface area contributed by atoms with Gasteiger partial charge in [0.2, 0.25) is 5.91 Å². The third-order valence-corrected chi connectivity index (χ3v) is 15.9. The molecule has 0 aromatic rings. The lowest BCUT2D eigenvalue weighted by Crippen LogP contribution is -2.70. The van der Waals surface area contributed by atoms with Crippen LogP contribution in [0.4, 0.5) is 0 Å². The van der Waals surface area contributed by atoms with Gasteiger partial charge in [-0.15, -0.1) is 0 Å². The molecular weight excluding hydrogens is 648 g/mol. The maximum atomic E-state index is 13.4. The number of rotatable bonds is 11. The van der Waals surface area contributed by atoms with E-state index in [1.54, 1.807) is 0 Å². The molecule has 2 aliphatic heterocycles. The normalized spacial score (nSPS) is 42.3. The number of carboxylic acid groups (broad SMARTS) is 1. The van der Waals surface area contributed by atoms with Gasteiger partial charge in [0, 0.05) is 37.3 Å². The van der Waals surface area contributed by atoms with Crippen molar-refractivity contribution in [3.8, 4) is 0 Å². The Morgan fingerprint density at radius 1 is 1.06 bits per heavy atom. The molecule has 51 heavy (non-hydrogen) atoms. The van der Waals surface area contributed by atoms with Crippen LogP contribution in [0, 0.1) is 56.7 Å². The number of carboxylic acids is 1. The van der Waals surface area contributed by atoms with Crippen LogP contribution in [-0.2, 0) is 33.4 Å². The quantitative estimate of drug-likeness (QED) is 0.150.